The summed E-state index contributed by atoms with van der Waals surface area (Å²) in [6.07, 6.45) is 6.80. The minimum absolute atomic E-state index is 0.103. The Morgan fingerprint density at radius 3 is 1.86 bits per heavy atom. The van der Waals surface area contributed by atoms with Crippen molar-refractivity contribution < 1.29 is 32.4 Å². The highest BCUT2D eigenvalue weighted by molar-refractivity contribution is 6.65. The van der Waals surface area contributed by atoms with Gasteiger partial charge in [0.05, 0.1) is 12.7 Å². The maximum absolute atomic E-state index is 11.4. The highest BCUT2D eigenvalue weighted by Crippen LogP contribution is 2.33. The van der Waals surface area contributed by atoms with E-state index < -0.39 is 26.7 Å². The Bertz CT molecular complexity index is 655. The molecule has 160 valence electrons. The molecule has 0 aliphatic heterocycles. The predicted molar refractivity (Wildman–Crippen MR) is 108 cm³/mol. The van der Waals surface area contributed by atoms with E-state index in [2.05, 4.69) is 12.1 Å². The van der Waals surface area contributed by atoms with Crippen molar-refractivity contribution >= 4 is 26.7 Å². The summed E-state index contributed by atoms with van der Waals surface area (Å²) in [5.41, 5.74) is 1.35. The number of hydrogen-bond donors (Lipinski definition) is 0. The van der Waals surface area contributed by atoms with E-state index in [-0.39, 0.29) is 6.04 Å². The summed E-state index contributed by atoms with van der Waals surface area (Å²) in [6, 6.07) is 8.24. The van der Waals surface area contributed by atoms with E-state index >= 15 is 0 Å². The molecule has 0 aromatic heterocycles. The Morgan fingerprint density at radius 1 is 0.862 bits per heavy atom. The normalized spacial score (nSPS) is 14.7. The van der Waals surface area contributed by atoms with Crippen LogP contribution in [-0.2, 0) is 27.7 Å². The minimum Gasteiger partial charge on any atom is -0.494 e. The molecule has 0 N–H and O–H groups in total. The van der Waals surface area contributed by atoms with E-state index in [1.807, 2.05) is 12.1 Å². The zero-order chi connectivity index (χ0) is 21.3. The van der Waals surface area contributed by atoms with Gasteiger partial charge in [-0.3, -0.25) is 14.4 Å². The first-order chi connectivity index (χ1) is 13.8. The maximum Gasteiger partial charge on any atom is 0.705 e. The number of hydrogen-bond acceptors (Lipinski definition) is 7. The molecule has 1 aromatic rings. The van der Waals surface area contributed by atoms with Gasteiger partial charge in [-0.2, -0.15) is 0 Å². The maximum atomic E-state index is 11.4. The quantitative estimate of drug-likeness (QED) is 0.437. The third-order valence-corrected chi connectivity index (χ3v) is 7.51. The Kier molecular flexibility index (Phi) is 8.69. The van der Waals surface area contributed by atoms with Gasteiger partial charge in [0, 0.05) is 20.8 Å². The largest absolute Gasteiger partial charge is 0.705 e. The van der Waals surface area contributed by atoms with E-state index in [0.29, 0.717) is 18.9 Å². The second kappa shape index (κ2) is 11.0. The molecule has 0 saturated heterocycles. The fourth-order valence-electron chi connectivity index (χ4n) is 3.62. The average molecular weight is 423 g/mol. The van der Waals surface area contributed by atoms with Gasteiger partial charge in [-0.05, 0) is 42.9 Å². The number of carbonyl (C=O) groups is 3. The van der Waals surface area contributed by atoms with Crippen LogP contribution in [0.15, 0.2) is 24.3 Å². The molecule has 0 heterocycles. The minimum atomic E-state index is -3.78. The van der Waals surface area contributed by atoms with Crippen LogP contribution in [0.5, 0.6) is 5.75 Å². The molecule has 7 nitrogen and oxygen atoms in total. The predicted octanol–water partition coefficient (Wildman–Crippen LogP) is 4.13. The van der Waals surface area contributed by atoms with Crippen molar-refractivity contribution in [1.82, 2.24) is 0 Å². The molecule has 0 spiro atoms. The highest BCUT2D eigenvalue weighted by Gasteiger charge is 2.51. The molecule has 0 unspecified atom stereocenters. The van der Waals surface area contributed by atoms with Crippen LogP contribution in [0, 0.1) is 0 Å². The molecule has 0 amide bonds. The lowest BCUT2D eigenvalue weighted by Gasteiger charge is -2.26. The molecule has 8 heteroatoms. The van der Waals surface area contributed by atoms with Crippen molar-refractivity contribution in [2.45, 2.75) is 71.3 Å². The van der Waals surface area contributed by atoms with Crippen molar-refractivity contribution in [3.8, 4) is 5.75 Å². The summed E-state index contributed by atoms with van der Waals surface area (Å²) in [6.45, 7) is 3.85. The number of benzene rings is 1. The van der Waals surface area contributed by atoms with E-state index in [4.69, 9.17) is 18.0 Å². The van der Waals surface area contributed by atoms with Crippen molar-refractivity contribution in [1.29, 1.82) is 0 Å². The lowest BCUT2D eigenvalue weighted by Crippen LogP contribution is -2.49. The van der Waals surface area contributed by atoms with Crippen molar-refractivity contribution in [3.63, 3.8) is 0 Å². The van der Waals surface area contributed by atoms with Crippen LogP contribution in [0.25, 0.3) is 0 Å². The van der Waals surface area contributed by atoms with Gasteiger partial charge < -0.3 is 18.0 Å². The van der Waals surface area contributed by atoms with Crippen LogP contribution in [0.1, 0.15) is 70.8 Å². The van der Waals surface area contributed by atoms with Crippen LogP contribution < -0.4 is 4.74 Å². The first-order valence-electron chi connectivity index (χ1n) is 10.1. The van der Waals surface area contributed by atoms with Crippen molar-refractivity contribution in [3.05, 3.63) is 29.8 Å². The van der Waals surface area contributed by atoms with Crippen LogP contribution in [0.3, 0.4) is 0 Å². The molecule has 1 fully saturated rings. The summed E-state index contributed by atoms with van der Waals surface area (Å²) in [5, 5.41) is 0. The van der Waals surface area contributed by atoms with Gasteiger partial charge in [0.1, 0.15) is 5.75 Å². The van der Waals surface area contributed by atoms with E-state index in [0.717, 1.165) is 5.75 Å². The van der Waals surface area contributed by atoms with Gasteiger partial charge in [0.15, 0.2) is 0 Å². The van der Waals surface area contributed by atoms with Gasteiger partial charge in [-0.1, -0.05) is 31.4 Å². The summed E-state index contributed by atoms with van der Waals surface area (Å²) in [4.78, 5) is 34.3. The van der Waals surface area contributed by atoms with E-state index in [9.17, 15) is 14.4 Å². The average Bonchev–Trinajstić information content (AvgIpc) is 2.65. The van der Waals surface area contributed by atoms with Crippen LogP contribution in [0.2, 0.25) is 6.04 Å². The lowest BCUT2D eigenvalue weighted by molar-refractivity contribution is -0.147. The number of ether oxygens (including phenoxy) is 1. The zero-order valence-electron chi connectivity index (χ0n) is 17.4. The van der Waals surface area contributed by atoms with Gasteiger partial charge in [0.25, 0.3) is 17.9 Å². The number of carbonyl (C=O) groups excluding carboxylic acids is 3. The van der Waals surface area contributed by atoms with Gasteiger partial charge in [-0.25, -0.2) is 0 Å². The van der Waals surface area contributed by atoms with Crippen molar-refractivity contribution in [2.75, 3.05) is 6.61 Å². The third kappa shape index (κ3) is 7.89. The lowest BCUT2D eigenvalue weighted by atomic mass is 9.84. The first-order valence-corrected chi connectivity index (χ1v) is 12.0. The van der Waals surface area contributed by atoms with Crippen molar-refractivity contribution in [2.24, 2.45) is 0 Å². The van der Waals surface area contributed by atoms with Gasteiger partial charge in [-0.15, -0.1) is 0 Å². The Morgan fingerprint density at radius 2 is 1.38 bits per heavy atom. The van der Waals surface area contributed by atoms with Crippen LogP contribution >= 0.6 is 0 Å². The fraction of sp³-hybridized carbons (Fsp3) is 0.571. The topological polar surface area (TPSA) is 88.1 Å². The van der Waals surface area contributed by atoms with Crippen LogP contribution in [-0.4, -0.2) is 33.3 Å². The molecule has 0 atom stereocenters. The Hall–Kier alpha value is -2.35. The fourth-order valence-corrected chi connectivity index (χ4v) is 5.95. The second-order valence-corrected chi connectivity index (χ2v) is 9.80. The highest BCUT2D eigenvalue weighted by atomic mass is 28.4. The zero-order valence-corrected chi connectivity index (χ0v) is 18.4. The molecule has 0 radical (unpaired) electrons. The van der Waals surface area contributed by atoms with Crippen LogP contribution in [0.4, 0.5) is 0 Å². The first kappa shape index (κ1) is 22.9. The molecule has 29 heavy (non-hydrogen) atoms. The van der Waals surface area contributed by atoms with E-state index in [1.165, 1.54) is 58.4 Å². The molecule has 0 bridgehead atoms. The Labute approximate surface area is 173 Å². The summed E-state index contributed by atoms with van der Waals surface area (Å²) >= 11 is 0. The molecule has 1 aliphatic carbocycles. The summed E-state index contributed by atoms with van der Waals surface area (Å²) in [7, 11) is -3.78. The molecule has 1 saturated carbocycles. The molecule has 2 rings (SSSR count). The third-order valence-electron chi connectivity index (χ3n) is 4.75. The smallest absolute Gasteiger partial charge is 0.494 e. The monoisotopic (exact) mass is 422 g/mol. The summed E-state index contributed by atoms with van der Waals surface area (Å²) < 4.78 is 21.2. The second-order valence-electron chi connectivity index (χ2n) is 7.32. The molecular formula is C21H30O7Si. The SMILES string of the molecule is CC(=O)O[Si](CCCOc1ccc(C2CCCCC2)cc1)(OC(C)=O)OC(C)=O. The van der Waals surface area contributed by atoms with E-state index in [1.54, 1.807) is 0 Å². The standard InChI is InChI=1S/C21H30O7Si/c1-16(22)26-29(27-17(2)23,28-18(3)24)15-7-14-25-21-12-10-20(11-13-21)19-8-5-4-6-9-19/h10-13,19H,4-9,14-15H2,1-3H3. The summed E-state index contributed by atoms with van der Waals surface area (Å²) in [5.74, 6) is -0.625. The molecular weight excluding hydrogens is 392 g/mol. The van der Waals surface area contributed by atoms with Gasteiger partial charge >= 0.3 is 8.80 Å². The number of rotatable bonds is 9. The van der Waals surface area contributed by atoms with Gasteiger partial charge in [0.2, 0.25) is 0 Å². The molecule has 1 aliphatic rings. The molecule has 1 aromatic carbocycles. The Balaban J connectivity index is 1.90.